The Morgan fingerprint density at radius 2 is 1.76 bits per heavy atom. The molecular weight excluding hydrogens is 482 g/mol. The second-order valence-electron chi connectivity index (χ2n) is 9.32. The number of halogens is 3. The van der Waals surface area contributed by atoms with E-state index in [9.17, 15) is 18.0 Å². The van der Waals surface area contributed by atoms with Crippen molar-refractivity contribution in [3.05, 3.63) is 65.6 Å². The van der Waals surface area contributed by atoms with Crippen molar-refractivity contribution in [2.75, 3.05) is 17.7 Å². The van der Waals surface area contributed by atoms with Crippen LogP contribution in [0.15, 0.2) is 48.8 Å². The van der Waals surface area contributed by atoms with Crippen molar-refractivity contribution in [3.63, 3.8) is 0 Å². The van der Waals surface area contributed by atoms with E-state index in [1.807, 2.05) is 36.5 Å². The Balaban J connectivity index is 1.75. The molecule has 0 bridgehead atoms. The second kappa shape index (κ2) is 9.76. The number of rotatable bonds is 6. The van der Waals surface area contributed by atoms with Gasteiger partial charge in [0.1, 0.15) is 29.2 Å². The van der Waals surface area contributed by atoms with Crippen LogP contribution in [0.2, 0.25) is 0 Å². The molecule has 0 spiro atoms. The van der Waals surface area contributed by atoms with Crippen LogP contribution in [0.25, 0.3) is 22.2 Å². The van der Waals surface area contributed by atoms with E-state index >= 15 is 0 Å². The van der Waals surface area contributed by atoms with Crippen LogP contribution in [0.5, 0.6) is 5.88 Å². The zero-order valence-corrected chi connectivity index (χ0v) is 20.9. The van der Waals surface area contributed by atoms with Crippen LogP contribution in [0.3, 0.4) is 0 Å². The zero-order valence-electron chi connectivity index (χ0n) is 20.9. The Morgan fingerprint density at radius 1 is 1.00 bits per heavy atom. The van der Waals surface area contributed by atoms with Crippen molar-refractivity contribution in [3.8, 4) is 17.0 Å². The molecule has 0 radical (unpaired) electrons. The van der Waals surface area contributed by atoms with Crippen molar-refractivity contribution in [2.45, 2.75) is 18.4 Å². The summed E-state index contributed by atoms with van der Waals surface area (Å²) in [6.07, 6.45) is -2.05. The Kier molecular flexibility index (Phi) is 6.85. The molecule has 0 aliphatic rings. The van der Waals surface area contributed by atoms with Crippen LogP contribution in [-0.4, -0.2) is 61.7 Å². The number of pyridine rings is 2. The van der Waals surface area contributed by atoms with E-state index in [4.69, 9.17) is 4.74 Å². The van der Waals surface area contributed by atoms with Gasteiger partial charge >= 0.3 is 6.18 Å². The summed E-state index contributed by atoms with van der Waals surface area (Å²) < 4.78 is 45.2. The fourth-order valence-corrected chi connectivity index (χ4v) is 3.55. The van der Waals surface area contributed by atoms with Gasteiger partial charge in [-0.05, 0) is 48.4 Å². The summed E-state index contributed by atoms with van der Waals surface area (Å²) in [7, 11) is 7.40. The lowest BCUT2D eigenvalue weighted by molar-refractivity contribution is -0.141. The summed E-state index contributed by atoms with van der Waals surface area (Å²) >= 11 is 0. The van der Waals surface area contributed by atoms with E-state index in [0.29, 0.717) is 40.2 Å². The standard InChI is InChI=1S/C23H22B3F3N6O2/c1-11-3-4-14(33-19(36)12-5-6-31-17(8-12)22(27,28)29)9-15(11)16-7-13-10-32-21(30-2)35-18(13)34-20(16)37-23(24,25)26/h3-10H,24-26H2,1-2H3,(H,33,36)(H,30,32,34,35). The molecule has 0 unspecified atom stereocenters. The van der Waals surface area contributed by atoms with E-state index < -0.39 is 23.1 Å². The molecule has 0 aliphatic heterocycles. The molecule has 0 aliphatic carbocycles. The summed E-state index contributed by atoms with van der Waals surface area (Å²) in [4.78, 5) is 29.4. The normalized spacial score (nSPS) is 11.8. The maximum absolute atomic E-state index is 13.0. The Hall–Kier alpha value is -4.09. The molecule has 3 heterocycles. The van der Waals surface area contributed by atoms with Gasteiger partial charge in [-0.25, -0.2) is 4.98 Å². The number of anilines is 2. The fraction of sp³-hybridized carbons (Fsp3) is 0.174. The number of amides is 1. The molecule has 2 N–H and O–H groups in total. The minimum Gasteiger partial charge on any atom is -0.498 e. The number of benzene rings is 1. The molecule has 0 atom stereocenters. The highest BCUT2D eigenvalue weighted by molar-refractivity contribution is 6.58. The van der Waals surface area contributed by atoms with Gasteiger partial charge in [0.25, 0.3) is 5.91 Å². The smallest absolute Gasteiger partial charge is 0.433 e. The van der Waals surface area contributed by atoms with Gasteiger partial charge in [0, 0.05) is 46.9 Å². The van der Waals surface area contributed by atoms with Crippen LogP contribution in [-0.2, 0) is 6.18 Å². The van der Waals surface area contributed by atoms with E-state index in [2.05, 4.69) is 30.6 Å². The molecular formula is C23H22B3F3N6O2. The van der Waals surface area contributed by atoms with Gasteiger partial charge < -0.3 is 15.4 Å². The number of aromatic nitrogens is 4. The lowest BCUT2D eigenvalue weighted by atomic mass is 9.52. The van der Waals surface area contributed by atoms with Crippen LogP contribution < -0.4 is 15.4 Å². The second-order valence-corrected chi connectivity index (χ2v) is 9.32. The van der Waals surface area contributed by atoms with Gasteiger partial charge in [-0.15, -0.1) is 0 Å². The van der Waals surface area contributed by atoms with E-state index in [1.54, 1.807) is 31.4 Å². The first-order valence-electron chi connectivity index (χ1n) is 11.3. The molecule has 186 valence electrons. The number of ether oxygens (including phenoxy) is 1. The van der Waals surface area contributed by atoms with E-state index in [1.165, 1.54) is 6.07 Å². The Bertz CT molecular complexity index is 1500. The number of alkyl halides is 3. The van der Waals surface area contributed by atoms with Crippen LogP contribution in [0, 0.1) is 6.92 Å². The molecule has 0 fully saturated rings. The van der Waals surface area contributed by atoms with Gasteiger partial charge in [0.05, 0.1) is 0 Å². The Morgan fingerprint density at radius 3 is 2.43 bits per heavy atom. The molecule has 4 rings (SSSR count). The number of fused-ring (bicyclic) bond motifs is 1. The highest BCUT2D eigenvalue weighted by atomic mass is 19.4. The summed E-state index contributed by atoms with van der Waals surface area (Å²) in [5.41, 5.74) is 1.77. The fourth-order valence-electron chi connectivity index (χ4n) is 3.55. The summed E-state index contributed by atoms with van der Waals surface area (Å²) in [6, 6.07) is 8.98. The van der Waals surface area contributed by atoms with Crippen molar-refractivity contribution in [1.82, 2.24) is 19.9 Å². The third-order valence-electron chi connectivity index (χ3n) is 5.26. The monoisotopic (exact) mass is 504 g/mol. The minimum atomic E-state index is -4.66. The van der Waals surface area contributed by atoms with Crippen molar-refractivity contribution >= 4 is 52.1 Å². The zero-order chi connectivity index (χ0) is 27.0. The van der Waals surface area contributed by atoms with Gasteiger partial charge in [-0.3, -0.25) is 9.78 Å². The molecule has 3 aromatic heterocycles. The average molecular weight is 504 g/mol. The van der Waals surface area contributed by atoms with Crippen molar-refractivity contribution < 1.29 is 22.7 Å². The van der Waals surface area contributed by atoms with Crippen LogP contribution >= 0.6 is 0 Å². The number of carbonyl (C=O) groups is 1. The van der Waals surface area contributed by atoms with Gasteiger partial charge in [0.2, 0.25) is 11.8 Å². The lowest BCUT2D eigenvalue weighted by Gasteiger charge is -2.24. The SMILES string of the molecule is BC(B)(B)Oc1nc2nc(NC)ncc2cc1-c1cc(NC(=O)c2ccnc(C(F)(F)F)c2)ccc1C. The Labute approximate surface area is 213 Å². The number of hydrogen-bond acceptors (Lipinski definition) is 7. The first kappa shape index (κ1) is 26.0. The number of carbonyl (C=O) groups excluding carboxylic acids is 1. The minimum absolute atomic E-state index is 0.161. The molecule has 1 aromatic carbocycles. The average Bonchev–Trinajstić information content (AvgIpc) is 2.83. The molecule has 0 saturated heterocycles. The molecule has 8 nitrogen and oxygen atoms in total. The van der Waals surface area contributed by atoms with Crippen molar-refractivity contribution in [2.24, 2.45) is 0 Å². The third-order valence-corrected chi connectivity index (χ3v) is 5.26. The molecule has 14 heteroatoms. The largest absolute Gasteiger partial charge is 0.498 e. The number of nitrogens with zero attached hydrogens (tertiary/aromatic N) is 4. The molecule has 4 aromatic rings. The molecule has 37 heavy (non-hydrogen) atoms. The van der Waals surface area contributed by atoms with E-state index in [-0.39, 0.29) is 5.56 Å². The molecule has 0 saturated carbocycles. The first-order chi connectivity index (χ1) is 17.3. The van der Waals surface area contributed by atoms with Crippen LogP contribution in [0.1, 0.15) is 21.6 Å². The number of hydrogen-bond donors (Lipinski definition) is 2. The van der Waals surface area contributed by atoms with Gasteiger partial charge in [-0.1, -0.05) is 6.07 Å². The third kappa shape index (κ3) is 6.01. The quantitative estimate of drug-likeness (QED) is 0.385. The maximum atomic E-state index is 13.0. The topological polar surface area (TPSA) is 102 Å². The highest BCUT2D eigenvalue weighted by Crippen LogP contribution is 2.36. The lowest BCUT2D eigenvalue weighted by Crippen LogP contribution is -2.38. The molecule has 1 amide bonds. The highest BCUT2D eigenvalue weighted by Gasteiger charge is 2.33. The van der Waals surface area contributed by atoms with E-state index in [0.717, 1.165) is 17.3 Å². The van der Waals surface area contributed by atoms with Crippen LogP contribution in [0.4, 0.5) is 24.8 Å². The maximum Gasteiger partial charge on any atom is 0.433 e. The van der Waals surface area contributed by atoms with Gasteiger partial charge in [0.15, 0.2) is 5.65 Å². The summed E-state index contributed by atoms with van der Waals surface area (Å²) in [6.45, 7) is 1.89. The van der Waals surface area contributed by atoms with Gasteiger partial charge in [-0.2, -0.15) is 23.1 Å². The summed E-state index contributed by atoms with van der Waals surface area (Å²) in [5, 5.41) is 5.67. The van der Waals surface area contributed by atoms with Crippen molar-refractivity contribution in [1.29, 1.82) is 0 Å². The number of aryl methyl sites for hydroxylation is 1. The predicted octanol–water partition coefficient (Wildman–Crippen LogP) is 1.60. The predicted molar refractivity (Wildman–Crippen MR) is 143 cm³/mol. The number of nitrogens with one attached hydrogen (secondary N) is 2. The summed E-state index contributed by atoms with van der Waals surface area (Å²) in [5.74, 6) is 0.0647. The first-order valence-corrected chi connectivity index (χ1v) is 11.3.